The van der Waals surface area contributed by atoms with Crippen LogP contribution in [0.3, 0.4) is 0 Å². The number of likely N-dealkylation sites (tertiary alicyclic amines) is 1. The number of aromatic nitrogens is 1. The lowest BCUT2D eigenvalue weighted by atomic mass is 9.99. The van der Waals surface area contributed by atoms with Gasteiger partial charge < -0.3 is 20.1 Å². The van der Waals surface area contributed by atoms with Gasteiger partial charge in [0.05, 0.1) is 30.6 Å². The van der Waals surface area contributed by atoms with Gasteiger partial charge in [-0.15, -0.1) is 0 Å². The van der Waals surface area contributed by atoms with Crippen LogP contribution in [-0.2, 0) is 34.3 Å². The summed E-state index contributed by atoms with van der Waals surface area (Å²) in [5.41, 5.74) is 7.70. The van der Waals surface area contributed by atoms with Gasteiger partial charge >= 0.3 is 6.09 Å². The summed E-state index contributed by atoms with van der Waals surface area (Å²) in [7, 11) is -3.85. The number of carbonyl (C=O) groups is 1. The highest BCUT2D eigenvalue weighted by atomic mass is 32.2. The number of alkyl halides is 1. The molecule has 1 aliphatic rings. The molecule has 39 heavy (non-hydrogen) atoms. The normalized spacial score (nSPS) is 19.2. The topological polar surface area (TPSA) is 124 Å². The number of hydrogen-bond acceptors (Lipinski definition) is 7. The van der Waals surface area contributed by atoms with Crippen molar-refractivity contribution in [2.75, 3.05) is 12.8 Å². The smallest absolute Gasteiger partial charge is 0.410 e. The van der Waals surface area contributed by atoms with Crippen molar-refractivity contribution in [3.8, 4) is 11.6 Å². The Morgan fingerprint density at radius 2 is 1.90 bits per heavy atom. The predicted octanol–water partition coefficient (Wildman–Crippen LogP) is 3.60. The number of nitrogens with two attached hydrogens (primary N) is 1. The van der Waals surface area contributed by atoms with Crippen LogP contribution in [0.1, 0.15) is 22.4 Å². The molecule has 208 valence electrons. The van der Waals surface area contributed by atoms with E-state index in [0.717, 1.165) is 16.7 Å². The van der Waals surface area contributed by atoms with Crippen LogP contribution in [0.25, 0.3) is 0 Å². The van der Waals surface area contributed by atoms with Crippen molar-refractivity contribution < 1.29 is 31.5 Å². The molecular weight excluding hydrogens is 530 g/mol. The fraction of sp³-hybridized carbons (Fsp3) is 0.333. The van der Waals surface area contributed by atoms with Crippen molar-refractivity contribution in [1.82, 2.24) is 14.6 Å². The van der Waals surface area contributed by atoms with E-state index in [1.54, 1.807) is 49.4 Å². The van der Waals surface area contributed by atoms with Crippen molar-refractivity contribution in [3.63, 3.8) is 0 Å². The largest absolute Gasteiger partial charge is 0.445 e. The summed E-state index contributed by atoms with van der Waals surface area (Å²) < 4.78 is 68.2. The average molecular weight is 561 g/mol. The molecule has 9 nitrogen and oxygen atoms in total. The standard InChI is InChI=1S/C27H30F2N4O5S/c1-17-11-12-20(14-30)31-26(17)38-23-10-6-9-19(24(23)29)13-22-25(32-39(2,35)36)21(28)15-33(22)27(34)37-16-18-7-4-3-5-8-18/h3-12,21-22,25,32H,13-16,30H2,1-2H3/t21-,22-,25-/m0/s1. The van der Waals surface area contributed by atoms with Gasteiger partial charge in [-0.25, -0.2) is 31.7 Å². The van der Waals surface area contributed by atoms with Crippen LogP contribution in [-0.4, -0.2) is 55.5 Å². The summed E-state index contributed by atoms with van der Waals surface area (Å²) in [6, 6.07) is 14.5. The number of benzene rings is 2. The molecule has 3 aromatic rings. The first-order valence-corrected chi connectivity index (χ1v) is 14.2. The highest BCUT2D eigenvalue weighted by Crippen LogP contribution is 2.31. The van der Waals surface area contributed by atoms with Gasteiger partial charge in [-0.05, 0) is 36.6 Å². The maximum absolute atomic E-state index is 15.6. The second-order valence-corrected chi connectivity index (χ2v) is 11.1. The van der Waals surface area contributed by atoms with Crippen molar-refractivity contribution in [3.05, 3.63) is 88.9 Å². The first-order chi connectivity index (χ1) is 18.6. The predicted molar refractivity (Wildman–Crippen MR) is 141 cm³/mol. The minimum absolute atomic E-state index is 0.0596. The van der Waals surface area contributed by atoms with Crippen molar-refractivity contribution >= 4 is 16.1 Å². The van der Waals surface area contributed by atoms with E-state index in [2.05, 4.69) is 9.71 Å². The van der Waals surface area contributed by atoms with E-state index in [0.29, 0.717) is 11.3 Å². The molecule has 0 saturated carbocycles. The Morgan fingerprint density at radius 1 is 1.15 bits per heavy atom. The summed E-state index contributed by atoms with van der Waals surface area (Å²) in [4.78, 5) is 18.4. The monoisotopic (exact) mass is 560 g/mol. The average Bonchev–Trinajstić information content (AvgIpc) is 3.20. The molecular formula is C27H30F2N4O5S. The Bertz CT molecular complexity index is 1420. The quantitative estimate of drug-likeness (QED) is 0.410. The number of nitrogens with zero attached hydrogens (tertiary/aromatic N) is 2. The minimum Gasteiger partial charge on any atom is -0.445 e. The second-order valence-electron chi connectivity index (χ2n) is 9.36. The van der Waals surface area contributed by atoms with Crippen LogP contribution < -0.4 is 15.2 Å². The van der Waals surface area contributed by atoms with Gasteiger partial charge in [-0.1, -0.05) is 48.5 Å². The molecule has 0 radical (unpaired) electrons. The molecule has 4 rings (SSSR count). The molecule has 1 aromatic heterocycles. The number of rotatable bonds is 9. The molecule has 3 atom stereocenters. The van der Waals surface area contributed by atoms with E-state index < -0.39 is 46.7 Å². The third-order valence-electron chi connectivity index (χ3n) is 6.36. The van der Waals surface area contributed by atoms with Gasteiger partial charge in [0.25, 0.3) is 0 Å². The van der Waals surface area contributed by atoms with Crippen molar-refractivity contribution in [2.45, 2.75) is 44.8 Å². The van der Waals surface area contributed by atoms with E-state index in [4.69, 9.17) is 15.2 Å². The summed E-state index contributed by atoms with van der Waals surface area (Å²) in [5, 5.41) is 0. The first kappa shape index (κ1) is 28.4. The molecule has 12 heteroatoms. The van der Waals surface area contributed by atoms with E-state index in [1.165, 1.54) is 12.1 Å². The SMILES string of the molecule is Cc1ccc(CN)nc1Oc1cccc(C[C@H]2[C@@H](NS(C)(=O)=O)[C@@H](F)CN2C(=O)OCc2ccccc2)c1F. The minimum atomic E-state index is -3.85. The van der Waals surface area contributed by atoms with Crippen molar-refractivity contribution in [1.29, 1.82) is 0 Å². The molecule has 0 bridgehead atoms. The fourth-order valence-electron chi connectivity index (χ4n) is 4.41. The number of nitrogens with one attached hydrogen (secondary N) is 1. The number of carbonyl (C=O) groups excluding carboxylic acids is 1. The summed E-state index contributed by atoms with van der Waals surface area (Å²) in [6.07, 6.45) is -1.88. The first-order valence-electron chi connectivity index (χ1n) is 12.3. The van der Waals surface area contributed by atoms with Crippen molar-refractivity contribution in [2.24, 2.45) is 5.73 Å². The van der Waals surface area contributed by atoms with E-state index in [1.807, 2.05) is 6.07 Å². The Balaban J connectivity index is 1.60. The summed E-state index contributed by atoms with van der Waals surface area (Å²) >= 11 is 0. The van der Waals surface area contributed by atoms with Gasteiger partial charge in [-0.3, -0.25) is 0 Å². The highest BCUT2D eigenvalue weighted by Gasteiger charge is 2.46. The number of amides is 1. The third kappa shape index (κ3) is 7.08. The number of hydrogen-bond donors (Lipinski definition) is 2. The molecule has 1 amide bonds. The summed E-state index contributed by atoms with van der Waals surface area (Å²) in [6.45, 7) is 1.45. The zero-order valence-corrected chi connectivity index (χ0v) is 22.3. The van der Waals surface area contributed by atoms with Crippen LogP contribution >= 0.6 is 0 Å². The molecule has 3 N–H and O–H groups in total. The zero-order valence-electron chi connectivity index (χ0n) is 21.5. The summed E-state index contributed by atoms with van der Waals surface area (Å²) in [5.74, 6) is -0.686. The van der Waals surface area contributed by atoms with Gasteiger partial charge in [0, 0.05) is 12.1 Å². The van der Waals surface area contributed by atoms with Crippen LogP contribution in [0.15, 0.2) is 60.7 Å². The van der Waals surface area contributed by atoms with Gasteiger partial charge in [0.1, 0.15) is 12.8 Å². The number of ether oxygens (including phenoxy) is 2. The zero-order chi connectivity index (χ0) is 28.2. The fourth-order valence-corrected chi connectivity index (χ4v) is 5.21. The molecule has 2 aromatic carbocycles. The lowest BCUT2D eigenvalue weighted by Crippen LogP contribution is -2.49. The maximum Gasteiger partial charge on any atom is 0.410 e. The van der Waals surface area contributed by atoms with Gasteiger partial charge in [0.2, 0.25) is 15.9 Å². The van der Waals surface area contributed by atoms with Crippen LogP contribution in [0, 0.1) is 12.7 Å². The molecule has 0 spiro atoms. The molecule has 0 aliphatic carbocycles. The Hall–Kier alpha value is -3.61. The number of aryl methyl sites for hydroxylation is 1. The lowest BCUT2D eigenvalue weighted by molar-refractivity contribution is 0.0894. The van der Waals surface area contributed by atoms with Crippen LogP contribution in [0.2, 0.25) is 0 Å². The Labute approximate surface area is 226 Å². The van der Waals surface area contributed by atoms with E-state index in [9.17, 15) is 13.2 Å². The van der Waals surface area contributed by atoms with E-state index >= 15 is 8.78 Å². The Morgan fingerprint density at radius 3 is 2.59 bits per heavy atom. The third-order valence-corrected chi connectivity index (χ3v) is 7.06. The highest BCUT2D eigenvalue weighted by molar-refractivity contribution is 7.88. The van der Waals surface area contributed by atoms with Crippen LogP contribution in [0.5, 0.6) is 11.6 Å². The van der Waals surface area contributed by atoms with Gasteiger partial charge in [-0.2, -0.15) is 0 Å². The number of sulfonamides is 1. The molecule has 1 aliphatic heterocycles. The molecule has 1 saturated heterocycles. The number of halogens is 2. The second kappa shape index (κ2) is 12.1. The Kier molecular flexibility index (Phi) is 8.78. The molecule has 0 unspecified atom stereocenters. The van der Waals surface area contributed by atoms with Crippen LogP contribution in [0.4, 0.5) is 13.6 Å². The maximum atomic E-state index is 15.6. The molecule has 1 fully saturated rings. The van der Waals surface area contributed by atoms with Gasteiger partial charge in [0.15, 0.2) is 11.6 Å². The lowest BCUT2D eigenvalue weighted by Gasteiger charge is -2.28. The number of pyridine rings is 1. The van der Waals surface area contributed by atoms with E-state index in [-0.39, 0.29) is 36.8 Å². The molecule has 2 heterocycles.